The summed E-state index contributed by atoms with van der Waals surface area (Å²) in [4.78, 5) is 0. The van der Waals surface area contributed by atoms with Crippen molar-refractivity contribution >= 4 is 0 Å². The standard InChI is InChI=1S/C10H11F3O2/c1-9(15,10(11,12)13)8-4-2-7(6-14)3-5-8/h2-5,14-15H,6H2,1H3. The van der Waals surface area contributed by atoms with Gasteiger partial charge in [-0.1, -0.05) is 24.3 Å². The Hall–Kier alpha value is -1.07. The van der Waals surface area contributed by atoms with Crippen molar-refractivity contribution < 1.29 is 23.4 Å². The summed E-state index contributed by atoms with van der Waals surface area (Å²) < 4.78 is 37.2. The summed E-state index contributed by atoms with van der Waals surface area (Å²) in [5, 5.41) is 18.0. The highest BCUT2D eigenvalue weighted by Gasteiger charge is 2.50. The molecule has 1 unspecified atom stereocenters. The highest BCUT2D eigenvalue weighted by molar-refractivity contribution is 5.27. The lowest BCUT2D eigenvalue weighted by Gasteiger charge is -2.26. The van der Waals surface area contributed by atoms with Crippen molar-refractivity contribution in [1.29, 1.82) is 0 Å². The fourth-order valence-electron chi connectivity index (χ4n) is 1.10. The van der Waals surface area contributed by atoms with E-state index in [1.54, 1.807) is 0 Å². The highest BCUT2D eigenvalue weighted by atomic mass is 19.4. The second-order valence-corrected chi connectivity index (χ2v) is 3.43. The molecule has 1 aromatic rings. The van der Waals surface area contributed by atoms with Gasteiger partial charge in [-0.25, -0.2) is 0 Å². The summed E-state index contributed by atoms with van der Waals surface area (Å²) in [5.74, 6) is 0. The molecule has 2 nitrogen and oxygen atoms in total. The van der Waals surface area contributed by atoms with E-state index in [1.807, 2.05) is 0 Å². The minimum Gasteiger partial charge on any atom is -0.392 e. The van der Waals surface area contributed by atoms with Crippen molar-refractivity contribution in [3.05, 3.63) is 35.4 Å². The fourth-order valence-corrected chi connectivity index (χ4v) is 1.10. The molecule has 0 aliphatic carbocycles. The SMILES string of the molecule is CC(O)(c1ccc(CO)cc1)C(F)(F)F. The molecule has 84 valence electrons. The number of rotatable bonds is 2. The number of halogens is 3. The van der Waals surface area contributed by atoms with Crippen molar-refractivity contribution in [2.45, 2.75) is 25.3 Å². The van der Waals surface area contributed by atoms with Crippen molar-refractivity contribution in [3.8, 4) is 0 Å². The zero-order valence-electron chi connectivity index (χ0n) is 8.04. The van der Waals surface area contributed by atoms with Gasteiger partial charge < -0.3 is 10.2 Å². The van der Waals surface area contributed by atoms with Gasteiger partial charge in [0.05, 0.1) is 6.61 Å². The Labute approximate surface area is 85.0 Å². The molecule has 0 amide bonds. The van der Waals surface area contributed by atoms with Gasteiger partial charge >= 0.3 is 6.18 Å². The van der Waals surface area contributed by atoms with Crippen molar-refractivity contribution in [3.63, 3.8) is 0 Å². The smallest absolute Gasteiger partial charge is 0.392 e. The third-order valence-corrected chi connectivity index (χ3v) is 2.25. The van der Waals surface area contributed by atoms with Crippen LogP contribution in [0.5, 0.6) is 0 Å². The van der Waals surface area contributed by atoms with Crippen LogP contribution < -0.4 is 0 Å². The van der Waals surface area contributed by atoms with Gasteiger partial charge in [0.15, 0.2) is 5.60 Å². The maximum atomic E-state index is 12.4. The Kier molecular flexibility index (Phi) is 3.06. The minimum atomic E-state index is -4.71. The zero-order chi connectivity index (χ0) is 11.7. The second-order valence-electron chi connectivity index (χ2n) is 3.43. The van der Waals surface area contributed by atoms with E-state index in [4.69, 9.17) is 5.11 Å². The topological polar surface area (TPSA) is 40.5 Å². The van der Waals surface area contributed by atoms with E-state index in [1.165, 1.54) is 12.1 Å². The summed E-state index contributed by atoms with van der Waals surface area (Å²) in [7, 11) is 0. The molecular formula is C10H11F3O2. The molecule has 1 atom stereocenters. The molecule has 0 aliphatic heterocycles. The van der Waals surface area contributed by atoms with E-state index in [2.05, 4.69) is 0 Å². The molecule has 1 aromatic carbocycles. The molecule has 0 fully saturated rings. The third-order valence-electron chi connectivity index (χ3n) is 2.25. The van der Waals surface area contributed by atoms with Gasteiger partial charge in [-0.3, -0.25) is 0 Å². The average molecular weight is 220 g/mol. The van der Waals surface area contributed by atoms with Gasteiger partial charge in [0, 0.05) is 0 Å². The quantitative estimate of drug-likeness (QED) is 0.799. The van der Waals surface area contributed by atoms with Gasteiger partial charge in [-0.05, 0) is 18.1 Å². The predicted octanol–water partition coefficient (Wildman–Crippen LogP) is 1.95. The number of aliphatic hydroxyl groups is 2. The summed E-state index contributed by atoms with van der Waals surface area (Å²) in [6.07, 6.45) is -4.71. The van der Waals surface area contributed by atoms with Gasteiger partial charge in [0.1, 0.15) is 0 Å². The maximum Gasteiger partial charge on any atom is 0.421 e. The van der Waals surface area contributed by atoms with E-state index < -0.39 is 11.8 Å². The summed E-state index contributed by atoms with van der Waals surface area (Å²) in [6, 6.07) is 4.99. The predicted molar refractivity (Wildman–Crippen MR) is 48.0 cm³/mol. The molecule has 0 aliphatic rings. The van der Waals surface area contributed by atoms with Crippen LogP contribution in [-0.4, -0.2) is 16.4 Å². The number of hydrogen-bond donors (Lipinski definition) is 2. The van der Waals surface area contributed by atoms with Gasteiger partial charge in [0.25, 0.3) is 0 Å². The molecule has 0 spiro atoms. The second kappa shape index (κ2) is 3.83. The molecular weight excluding hydrogens is 209 g/mol. The largest absolute Gasteiger partial charge is 0.421 e. The van der Waals surface area contributed by atoms with Crippen LogP contribution in [0.15, 0.2) is 24.3 Å². The first kappa shape index (κ1) is 12.0. The van der Waals surface area contributed by atoms with Gasteiger partial charge in [0.2, 0.25) is 0 Å². The molecule has 0 saturated carbocycles. The molecule has 2 N–H and O–H groups in total. The van der Waals surface area contributed by atoms with Crippen molar-refractivity contribution in [2.24, 2.45) is 0 Å². The van der Waals surface area contributed by atoms with Gasteiger partial charge in [-0.15, -0.1) is 0 Å². The van der Waals surface area contributed by atoms with Crippen LogP contribution in [0, 0.1) is 0 Å². The fraction of sp³-hybridized carbons (Fsp3) is 0.400. The van der Waals surface area contributed by atoms with Crippen LogP contribution in [0.3, 0.4) is 0 Å². The maximum absolute atomic E-state index is 12.4. The van der Waals surface area contributed by atoms with Crippen molar-refractivity contribution in [2.75, 3.05) is 0 Å². The monoisotopic (exact) mass is 220 g/mol. The molecule has 0 radical (unpaired) electrons. The van der Waals surface area contributed by atoms with Crippen LogP contribution in [-0.2, 0) is 12.2 Å². The molecule has 0 bridgehead atoms. The van der Waals surface area contributed by atoms with E-state index in [-0.39, 0.29) is 12.2 Å². The van der Waals surface area contributed by atoms with E-state index in [0.29, 0.717) is 12.5 Å². The number of alkyl halides is 3. The molecule has 15 heavy (non-hydrogen) atoms. The van der Waals surface area contributed by atoms with Crippen molar-refractivity contribution in [1.82, 2.24) is 0 Å². The molecule has 0 aromatic heterocycles. The van der Waals surface area contributed by atoms with Crippen LogP contribution in [0.1, 0.15) is 18.1 Å². The normalized spacial score (nSPS) is 16.1. The summed E-state index contributed by atoms with van der Waals surface area (Å²) in [6.45, 7) is 0.454. The average Bonchev–Trinajstić information content (AvgIpc) is 2.16. The Bertz CT molecular complexity index is 328. The zero-order valence-corrected chi connectivity index (χ0v) is 8.04. The number of benzene rings is 1. The number of hydrogen-bond acceptors (Lipinski definition) is 2. The lowest BCUT2D eigenvalue weighted by Crippen LogP contribution is -2.39. The molecule has 1 rings (SSSR count). The van der Waals surface area contributed by atoms with Crippen LogP contribution in [0.2, 0.25) is 0 Å². The highest BCUT2D eigenvalue weighted by Crippen LogP contribution is 2.38. The first-order valence-electron chi connectivity index (χ1n) is 4.28. The first-order chi connectivity index (χ1) is 6.79. The van der Waals surface area contributed by atoms with Crippen LogP contribution in [0.25, 0.3) is 0 Å². The third kappa shape index (κ3) is 2.30. The first-order valence-corrected chi connectivity index (χ1v) is 4.28. The number of aliphatic hydroxyl groups excluding tert-OH is 1. The van der Waals surface area contributed by atoms with E-state index >= 15 is 0 Å². The van der Waals surface area contributed by atoms with Gasteiger partial charge in [-0.2, -0.15) is 13.2 Å². The Morgan fingerprint density at radius 3 is 1.93 bits per heavy atom. The Morgan fingerprint density at radius 1 is 1.13 bits per heavy atom. The van der Waals surface area contributed by atoms with Crippen LogP contribution >= 0.6 is 0 Å². The van der Waals surface area contributed by atoms with E-state index in [0.717, 1.165) is 12.1 Å². The van der Waals surface area contributed by atoms with E-state index in [9.17, 15) is 18.3 Å². The minimum absolute atomic E-state index is 0.242. The summed E-state index contributed by atoms with van der Waals surface area (Å²) in [5.41, 5.74) is -2.61. The Balaban J connectivity index is 3.06. The lowest BCUT2D eigenvalue weighted by molar-refractivity contribution is -0.258. The molecule has 5 heteroatoms. The molecule has 0 saturated heterocycles. The molecule has 0 heterocycles. The van der Waals surface area contributed by atoms with Crippen LogP contribution in [0.4, 0.5) is 13.2 Å². The Morgan fingerprint density at radius 2 is 1.60 bits per heavy atom. The lowest BCUT2D eigenvalue weighted by atomic mass is 9.94. The summed E-state index contributed by atoms with van der Waals surface area (Å²) >= 11 is 0.